The Morgan fingerprint density at radius 2 is 1.55 bits per heavy atom. The summed E-state index contributed by atoms with van der Waals surface area (Å²) in [6.07, 6.45) is 1.71. The van der Waals surface area contributed by atoms with Crippen molar-refractivity contribution in [1.29, 1.82) is 0 Å². The van der Waals surface area contributed by atoms with E-state index in [4.69, 9.17) is 14.2 Å². The van der Waals surface area contributed by atoms with Gasteiger partial charge >= 0.3 is 12.0 Å². The van der Waals surface area contributed by atoms with Gasteiger partial charge in [-0.1, -0.05) is 6.07 Å². The Kier molecular flexibility index (Phi) is 3.69. The minimum atomic E-state index is 0.190. The van der Waals surface area contributed by atoms with E-state index in [9.17, 15) is 0 Å². The number of ether oxygens (including phenoxy) is 3. The number of fused-ring (bicyclic) bond motifs is 1. The summed E-state index contributed by atoms with van der Waals surface area (Å²) in [6, 6.07) is 7.86. The van der Waals surface area contributed by atoms with Crippen LogP contribution < -0.4 is 14.2 Å². The molecule has 0 radical (unpaired) electrons. The molecule has 0 aliphatic heterocycles. The summed E-state index contributed by atoms with van der Waals surface area (Å²) in [5.41, 5.74) is 1.53. The quantitative estimate of drug-likeness (QED) is 0.729. The molecule has 0 fully saturated rings. The van der Waals surface area contributed by atoms with Gasteiger partial charge in [-0.25, -0.2) is 0 Å². The second kappa shape index (κ2) is 5.80. The van der Waals surface area contributed by atoms with E-state index in [-0.39, 0.29) is 12.0 Å². The Hall–Kier alpha value is -2.96. The van der Waals surface area contributed by atoms with Gasteiger partial charge in [-0.15, -0.1) is 4.98 Å². The van der Waals surface area contributed by atoms with Gasteiger partial charge in [0.25, 0.3) is 0 Å². The lowest BCUT2D eigenvalue weighted by atomic mass is 10.1. The normalized spacial score (nSPS) is 10.5. The molecule has 0 aliphatic rings. The third-order valence-electron chi connectivity index (χ3n) is 3.15. The number of nitrogens with zero attached hydrogens (tertiary/aromatic N) is 4. The molecule has 0 amide bonds. The number of hydrogen-bond donors (Lipinski definition) is 0. The molecule has 0 spiro atoms. The summed E-state index contributed by atoms with van der Waals surface area (Å²) in [5.74, 6) is 1.14. The van der Waals surface area contributed by atoms with E-state index in [1.807, 2.05) is 24.3 Å². The van der Waals surface area contributed by atoms with Gasteiger partial charge in [-0.2, -0.15) is 9.97 Å². The van der Waals surface area contributed by atoms with Gasteiger partial charge in [0.05, 0.1) is 21.3 Å². The van der Waals surface area contributed by atoms with Crippen molar-refractivity contribution < 1.29 is 14.2 Å². The van der Waals surface area contributed by atoms with Crippen LogP contribution in [0.2, 0.25) is 0 Å². The average molecular weight is 298 g/mol. The van der Waals surface area contributed by atoms with Crippen molar-refractivity contribution in [2.24, 2.45) is 0 Å². The predicted molar refractivity (Wildman–Crippen MR) is 80.2 cm³/mol. The molecule has 3 rings (SSSR count). The van der Waals surface area contributed by atoms with Crippen LogP contribution in [-0.4, -0.2) is 41.3 Å². The maximum atomic E-state index is 5.34. The third-order valence-corrected chi connectivity index (χ3v) is 3.15. The fraction of sp³-hybridized carbons (Fsp3) is 0.200. The van der Waals surface area contributed by atoms with Gasteiger partial charge in [0.15, 0.2) is 5.82 Å². The minimum Gasteiger partial charge on any atom is -0.494 e. The molecule has 0 saturated heterocycles. The largest absolute Gasteiger partial charge is 0.494 e. The van der Waals surface area contributed by atoms with Crippen molar-refractivity contribution in [2.45, 2.75) is 0 Å². The smallest absolute Gasteiger partial charge is 0.322 e. The van der Waals surface area contributed by atoms with Gasteiger partial charge in [0.1, 0.15) is 11.3 Å². The van der Waals surface area contributed by atoms with E-state index >= 15 is 0 Å². The third kappa shape index (κ3) is 2.37. The van der Waals surface area contributed by atoms with E-state index in [0.29, 0.717) is 11.6 Å². The van der Waals surface area contributed by atoms with E-state index in [2.05, 4.69) is 19.9 Å². The molecular formula is C15H14N4O3. The molecule has 0 atom stereocenters. The lowest BCUT2D eigenvalue weighted by molar-refractivity contribution is 0.341. The second-order valence-corrected chi connectivity index (χ2v) is 4.35. The zero-order valence-electron chi connectivity index (χ0n) is 12.4. The monoisotopic (exact) mass is 298 g/mol. The summed E-state index contributed by atoms with van der Waals surface area (Å²) in [5, 5.41) is 0.872. The van der Waals surface area contributed by atoms with Crippen LogP contribution in [0, 0.1) is 0 Å². The molecule has 3 aromatic rings. The van der Waals surface area contributed by atoms with E-state index in [0.717, 1.165) is 16.5 Å². The van der Waals surface area contributed by atoms with Gasteiger partial charge in [0.2, 0.25) is 0 Å². The van der Waals surface area contributed by atoms with E-state index in [1.54, 1.807) is 13.3 Å². The van der Waals surface area contributed by atoms with E-state index < -0.39 is 0 Å². The molecule has 2 heterocycles. The lowest BCUT2D eigenvalue weighted by Crippen LogP contribution is -2.01. The van der Waals surface area contributed by atoms with Crippen LogP contribution in [0.15, 0.2) is 30.5 Å². The second-order valence-electron chi connectivity index (χ2n) is 4.35. The molecule has 0 N–H and O–H groups in total. The maximum absolute atomic E-state index is 5.34. The molecule has 1 aromatic carbocycles. The Balaban J connectivity index is 2.27. The molecule has 7 nitrogen and oxygen atoms in total. The molecular weight excluding hydrogens is 284 g/mol. The van der Waals surface area contributed by atoms with Crippen molar-refractivity contribution in [3.05, 3.63) is 30.5 Å². The number of rotatable bonds is 4. The van der Waals surface area contributed by atoms with Crippen LogP contribution in [0.3, 0.4) is 0 Å². The summed E-state index contributed by atoms with van der Waals surface area (Å²) in [6.45, 7) is 0. The standard InChI is InChI=1S/C15H14N4O3/c1-20-11-7-6-10(9-5-4-8-16-12(9)11)13-17-14(21-2)19-15(18-13)22-3/h4-8H,1-3H3. The van der Waals surface area contributed by atoms with Crippen molar-refractivity contribution >= 4 is 10.9 Å². The van der Waals surface area contributed by atoms with Crippen LogP contribution in [0.4, 0.5) is 0 Å². The first-order valence-electron chi connectivity index (χ1n) is 6.53. The highest BCUT2D eigenvalue weighted by atomic mass is 16.5. The van der Waals surface area contributed by atoms with Gasteiger partial charge in [-0.05, 0) is 18.2 Å². The SMILES string of the molecule is COc1nc(OC)nc(-c2ccc(OC)c3ncccc23)n1. The van der Waals surface area contributed by atoms with Gasteiger partial charge < -0.3 is 14.2 Å². The van der Waals surface area contributed by atoms with Gasteiger partial charge in [-0.3, -0.25) is 4.98 Å². The fourth-order valence-corrected chi connectivity index (χ4v) is 2.15. The number of aromatic nitrogens is 4. The summed E-state index contributed by atoms with van der Waals surface area (Å²) < 4.78 is 15.5. The maximum Gasteiger partial charge on any atom is 0.322 e. The molecule has 0 saturated carbocycles. The summed E-state index contributed by atoms with van der Waals surface area (Å²) >= 11 is 0. The molecule has 0 aliphatic carbocycles. The fourth-order valence-electron chi connectivity index (χ4n) is 2.15. The summed E-state index contributed by atoms with van der Waals surface area (Å²) in [7, 11) is 4.59. The molecule has 0 unspecified atom stereocenters. The van der Waals surface area contributed by atoms with Crippen LogP contribution in [0.5, 0.6) is 17.8 Å². The Morgan fingerprint density at radius 1 is 0.818 bits per heavy atom. The van der Waals surface area contributed by atoms with Gasteiger partial charge in [0, 0.05) is 17.1 Å². The molecule has 7 heteroatoms. The predicted octanol–water partition coefficient (Wildman–Crippen LogP) is 2.11. The number of pyridine rings is 1. The van der Waals surface area contributed by atoms with Crippen molar-refractivity contribution in [1.82, 2.24) is 19.9 Å². The molecule has 2 aromatic heterocycles. The van der Waals surface area contributed by atoms with Crippen molar-refractivity contribution in [3.8, 4) is 29.2 Å². The number of methoxy groups -OCH3 is 3. The lowest BCUT2D eigenvalue weighted by Gasteiger charge is -2.10. The molecule has 0 bridgehead atoms. The number of hydrogen-bond acceptors (Lipinski definition) is 7. The van der Waals surface area contributed by atoms with Crippen molar-refractivity contribution in [3.63, 3.8) is 0 Å². The first kappa shape index (κ1) is 14.0. The molecule has 22 heavy (non-hydrogen) atoms. The minimum absolute atomic E-state index is 0.190. The van der Waals surface area contributed by atoms with Crippen LogP contribution in [0.1, 0.15) is 0 Å². The first-order valence-corrected chi connectivity index (χ1v) is 6.53. The highest BCUT2D eigenvalue weighted by molar-refractivity contribution is 5.96. The van der Waals surface area contributed by atoms with E-state index in [1.165, 1.54) is 14.2 Å². The zero-order chi connectivity index (χ0) is 15.5. The number of benzene rings is 1. The Morgan fingerprint density at radius 3 is 2.18 bits per heavy atom. The molecule has 112 valence electrons. The topological polar surface area (TPSA) is 79.2 Å². The Labute approximate surface area is 126 Å². The van der Waals surface area contributed by atoms with Crippen LogP contribution in [0.25, 0.3) is 22.3 Å². The zero-order valence-corrected chi connectivity index (χ0v) is 12.4. The average Bonchev–Trinajstić information content (AvgIpc) is 2.60. The van der Waals surface area contributed by atoms with Crippen molar-refractivity contribution in [2.75, 3.05) is 21.3 Å². The highest BCUT2D eigenvalue weighted by Crippen LogP contribution is 2.32. The summed E-state index contributed by atoms with van der Waals surface area (Å²) in [4.78, 5) is 16.9. The van der Waals surface area contributed by atoms with Crippen LogP contribution >= 0.6 is 0 Å². The van der Waals surface area contributed by atoms with Crippen LogP contribution in [-0.2, 0) is 0 Å². The first-order chi connectivity index (χ1) is 10.8. The highest BCUT2D eigenvalue weighted by Gasteiger charge is 2.14. The Bertz CT molecular complexity index is 801.